The molecule has 0 aromatic rings. The van der Waals surface area contributed by atoms with Crippen LogP contribution in [0, 0.1) is 0 Å². The zero-order chi connectivity index (χ0) is 13.0. The van der Waals surface area contributed by atoms with E-state index in [1.54, 1.807) is 0 Å². The third kappa shape index (κ3) is 3.93. The van der Waals surface area contributed by atoms with E-state index >= 15 is 0 Å². The molecule has 2 saturated heterocycles. The lowest BCUT2D eigenvalue weighted by molar-refractivity contribution is -0.122. The molecule has 18 heavy (non-hydrogen) atoms. The van der Waals surface area contributed by atoms with Crippen molar-refractivity contribution in [1.29, 1.82) is 0 Å². The Morgan fingerprint density at radius 3 is 2.44 bits per heavy atom. The van der Waals surface area contributed by atoms with Crippen molar-refractivity contribution in [2.45, 2.75) is 32.4 Å². The molecule has 5 nitrogen and oxygen atoms in total. The van der Waals surface area contributed by atoms with Crippen LogP contribution in [0.5, 0.6) is 0 Å². The van der Waals surface area contributed by atoms with Crippen LogP contribution < -0.4 is 10.6 Å². The molecule has 2 aliphatic heterocycles. The molecule has 0 saturated carbocycles. The summed E-state index contributed by atoms with van der Waals surface area (Å²) in [4.78, 5) is 16.5. The van der Waals surface area contributed by atoms with E-state index in [4.69, 9.17) is 0 Å². The quantitative estimate of drug-likeness (QED) is 0.694. The lowest BCUT2D eigenvalue weighted by Crippen LogP contribution is -2.61. The summed E-state index contributed by atoms with van der Waals surface area (Å²) in [7, 11) is 0. The molecular weight excluding hydrogens is 228 g/mol. The van der Waals surface area contributed by atoms with Gasteiger partial charge in [-0.2, -0.15) is 0 Å². The summed E-state index contributed by atoms with van der Waals surface area (Å²) in [6, 6.07) is 1.01. The highest BCUT2D eigenvalue weighted by atomic mass is 16.1. The minimum Gasteiger partial charge on any atom is -0.354 e. The first kappa shape index (κ1) is 13.8. The fourth-order valence-electron chi connectivity index (χ4n) is 2.54. The number of piperazine rings is 1. The number of hydrogen-bond donors (Lipinski definition) is 2. The van der Waals surface area contributed by atoms with Crippen LogP contribution in [0.25, 0.3) is 0 Å². The van der Waals surface area contributed by atoms with Crippen LogP contribution in [-0.2, 0) is 4.79 Å². The lowest BCUT2D eigenvalue weighted by atomic mass is 10.1. The van der Waals surface area contributed by atoms with E-state index in [1.807, 2.05) is 13.8 Å². The fraction of sp³-hybridized carbons (Fsp3) is 0.923. The van der Waals surface area contributed by atoms with Crippen LogP contribution in [0.2, 0.25) is 0 Å². The van der Waals surface area contributed by atoms with Crippen LogP contribution in [0.15, 0.2) is 0 Å². The largest absolute Gasteiger partial charge is 0.354 e. The first-order valence-electron chi connectivity index (χ1n) is 7.11. The second-order valence-corrected chi connectivity index (χ2v) is 5.66. The molecule has 2 aliphatic rings. The summed E-state index contributed by atoms with van der Waals surface area (Å²) in [5.41, 5.74) is 0. The van der Waals surface area contributed by atoms with Crippen LogP contribution in [0.1, 0.15) is 20.3 Å². The average Bonchev–Trinajstić information content (AvgIpc) is 2.25. The van der Waals surface area contributed by atoms with Crippen molar-refractivity contribution >= 4 is 5.91 Å². The van der Waals surface area contributed by atoms with Gasteiger partial charge in [-0.25, -0.2) is 0 Å². The van der Waals surface area contributed by atoms with Crippen LogP contribution in [-0.4, -0.2) is 73.6 Å². The third-order valence-corrected chi connectivity index (χ3v) is 3.79. The van der Waals surface area contributed by atoms with Gasteiger partial charge >= 0.3 is 0 Å². The Bertz CT molecular complexity index is 270. The van der Waals surface area contributed by atoms with Gasteiger partial charge < -0.3 is 15.5 Å². The standard InChI is InChI=1S/C13H26N4O/c1-11(2)15-13(18)3-4-16-5-7-17(8-6-16)12-9-14-10-12/h11-12,14H,3-10H2,1-2H3,(H,15,18). The molecule has 104 valence electrons. The summed E-state index contributed by atoms with van der Waals surface area (Å²) < 4.78 is 0. The maximum Gasteiger partial charge on any atom is 0.221 e. The Balaban J connectivity index is 1.59. The van der Waals surface area contributed by atoms with Gasteiger partial charge in [0.25, 0.3) is 0 Å². The second kappa shape index (κ2) is 6.50. The number of nitrogens with one attached hydrogen (secondary N) is 2. The van der Waals surface area contributed by atoms with Crippen LogP contribution >= 0.6 is 0 Å². The molecule has 2 heterocycles. The van der Waals surface area contributed by atoms with Crippen LogP contribution in [0.3, 0.4) is 0 Å². The summed E-state index contributed by atoms with van der Waals surface area (Å²) in [6.07, 6.45) is 0.628. The summed E-state index contributed by atoms with van der Waals surface area (Å²) >= 11 is 0. The third-order valence-electron chi connectivity index (χ3n) is 3.79. The van der Waals surface area contributed by atoms with Crippen molar-refractivity contribution in [1.82, 2.24) is 20.4 Å². The maximum absolute atomic E-state index is 11.6. The van der Waals surface area contributed by atoms with E-state index in [1.165, 1.54) is 0 Å². The minimum atomic E-state index is 0.177. The highest BCUT2D eigenvalue weighted by molar-refractivity contribution is 5.76. The van der Waals surface area contributed by atoms with Crippen molar-refractivity contribution in [3.8, 4) is 0 Å². The molecule has 0 aliphatic carbocycles. The zero-order valence-electron chi connectivity index (χ0n) is 11.6. The highest BCUT2D eigenvalue weighted by Crippen LogP contribution is 2.09. The number of carbonyl (C=O) groups is 1. The van der Waals surface area contributed by atoms with E-state index < -0.39 is 0 Å². The smallest absolute Gasteiger partial charge is 0.221 e. The van der Waals surface area contributed by atoms with E-state index in [2.05, 4.69) is 20.4 Å². The number of rotatable bonds is 5. The molecule has 2 rings (SSSR count). The van der Waals surface area contributed by atoms with Gasteiger partial charge in [-0.1, -0.05) is 0 Å². The van der Waals surface area contributed by atoms with Gasteiger partial charge in [0, 0.05) is 64.3 Å². The number of amides is 1. The molecule has 5 heteroatoms. The molecule has 2 N–H and O–H groups in total. The Hall–Kier alpha value is -0.650. The molecule has 1 amide bonds. The fourth-order valence-corrected chi connectivity index (χ4v) is 2.54. The van der Waals surface area contributed by atoms with Gasteiger partial charge in [-0.3, -0.25) is 9.69 Å². The van der Waals surface area contributed by atoms with E-state index in [0.717, 1.165) is 51.9 Å². The molecule has 0 radical (unpaired) electrons. The Morgan fingerprint density at radius 1 is 1.28 bits per heavy atom. The monoisotopic (exact) mass is 254 g/mol. The van der Waals surface area contributed by atoms with Crippen molar-refractivity contribution < 1.29 is 4.79 Å². The summed E-state index contributed by atoms with van der Waals surface area (Å²) in [6.45, 7) is 11.7. The minimum absolute atomic E-state index is 0.177. The van der Waals surface area contributed by atoms with Gasteiger partial charge in [0.2, 0.25) is 5.91 Å². The van der Waals surface area contributed by atoms with Crippen molar-refractivity contribution in [2.75, 3.05) is 45.8 Å². The highest BCUT2D eigenvalue weighted by Gasteiger charge is 2.27. The van der Waals surface area contributed by atoms with Crippen molar-refractivity contribution in [3.63, 3.8) is 0 Å². The Morgan fingerprint density at radius 2 is 1.94 bits per heavy atom. The van der Waals surface area contributed by atoms with Gasteiger partial charge in [0.05, 0.1) is 0 Å². The van der Waals surface area contributed by atoms with Gasteiger partial charge in [0.15, 0.2) is 0 Å². The first-order valence-corrected chi connectivity index (χ1v) is 7.11. The normalized spacial score (nSPS) is 23.1. The summed E-state index contributed by atoms with van der Waals surface area (Å²) in [5, 5.41) is 6.26. The average molecular weight is 254 g/mol. The molecule has 0 atom stereocenters. The predicted molar refractivity (Wildman–Crippen MR) is 72.6 cm³/mol. The molecule has 0 spiro atoms. The van der Waals surface area contributed by atoms with Crippen molar-refractivity contribution in [3.05, 3.63) is 0 Å². The molecule has 0 bridgehead atoms. The number of carbonyl (C=O) groups excluding carboxylic acids is 1. The van der Waals surface area contributed by atoms with Gasteiger partial charge in [0.1, 0.15) is 0 Å². The molecular formula is C13H26N4O. The van der Waals surface area contributed by atoms with E-state index in [0.29, 0.717) is 6.42 Å². The van der Waals surface area contributed by atoms with E-state index in [-0.39, 0.29) is 11.9 Å². The van der Waals surface area contributed by atoms with Crippen molar-refractivity contribution in [2.24, 2.45) is 0 Å². The maximum atomic E-state index is 11.6. The SMILES string of the molecule is CC(C)NC(=O)CCN1CCN(C2CNC2)CC1. The lowest BCUT2D eigenvalue weighted by Gasteiger charge is -2.43. The molecule has 2 fully saturated rings. The van der Waals surface area contributed by atoms with E-state index in [9.17, 15) is 4.79 Å². The first-order chi connectivity index (χ1) is 8.65. The van der Waals surface area contributed by atoms with Gasteiger partial charge in [-0.05, 0) is 13.8 Å². The van der Waals surface area contributed by atoms with Crippen LogP contribution in [0.4, 0.5) is 0 Å². The van der Waals surface area contributed by atoms with Gasteiger partial charge in [-0.15, -0.1) is 0 Å². The molecule has 0 aromatic carbocycles. The second-order valence-electron chi connectivity index (χ2n) is 5.66. The Labute approximate surface area is 110 Å². The zero-order valence-corrected chi connectivity index (χ0v) is 11.6. The Kier molecular flexibility index (Phi) is 4.97. The molecule has 0 aromatic heterocycles. The number of nitrogens with zero attached hydrogens (tertiary/aromatic N) is 2. The predicted octanol–water partition coefficient (Wildman–Crippen LogP) is -0.509. The summed E-state index contributed by atoms with van der Waals surface area (Å²) in [5.74, 6) is 0.177. The number of hydrogen-bond acceptors (Lipinski definition) is 4. The molecule has 0 unspecified atom stereocenters. The topological polar surface area (TPSA) is 47.6 Å².